The number of aromatic nitrogens is 5. The maximum atomic E-state index is 5.94. The van der Waals surface area contributed by atoms with E-state index in [0.717, 1.165) is 34.0 Å². The van der Waals surface area contributed by atoms with Gasteiger partial charge in [-0.2, -0.15) is 0 Å². The normalized spacial score (nSPS) is 12.9. The van der Waals surface area contributed by atoms with Crippen molar-refractivity contribution in [1.29, 1.82) is 0 Å². The number of hydrogen-bond donors (Lipinski definition) is 2. The van der Waals surface area contributed by atoms with Crippen LogP contribution in [0.15, 0.2) is 60.9 Å². The Bertz CT molecular complexity index is 1240. The second-order valence-electron chi connectivity index (χ2n) is 6.75. The summed E-state index contributed by atoms with van der Waals surface area (Å²) in [5.74, 6) is 1.23. The van der Waals surface area contributed by atoms with Crippen LogP contribution in [0.4, 0.5) is 23.4 Å². The van der Waals surface area contributed by atoms with Crippen molar-refractivity contribution in [3.05, 3.63) is 77.9 Å². The van der Waals surface area contributed by atoms with Gasteiger partial charge in [0, 0.05) is 19.0 Å². The number of nitrogens with zero attached hydrogens (tertiary/aromatic N) is 6. The Morgan fingerprint density at radius 3 is 2.62 bits per heavy atom. The molecule has 0 fully saturated rings. The van der Waals surface area contributed by atoms with Crippen molar-refractivity contribution in [3.8, 4) is 0 Å². The van der Waals surface area contributed by atoms with Gasteiger partial charge in [0.15, 0.2) is 0 Å². The van der Waals surface area contributed by atoms with Crippen LogP contribution in [-0.2, 0) is 12.8 Å². The summed E-state index contributed by atoms with van der Waals surface area (Å²) in [4.78, 5) is 24.1. The second-order valence-corrected chi connectivity index (χ2v) is 6.75. The van der Waals surface area contributed by atoms with Crippen LogP contribution < -0.4 is 16.4 Å². The molecule has 0 bridgehead atoms. The first-order chi connectivity index (χ1) is 14.2. The van der Waals surface area contributed by atoms with Crippen LogP contribution in [0.3, 0.4) is 0 Å². The Morgan fingerprint density at radius 1 is 0.897 bits per heavy atom. The highest BCUT2D eigenvalue weighted by Crippen LogP contribution is 2.31. The van der Waals surface area contributed by atoms with Gasteiger partial charge >= 0.3 is 0 Å². The monoisotopic (exact) mass is 382 g/mol. The highest BCUT2D eigenvalue weighted by Gasteiger charge is 2.19. The number of nitrogen functional groups attached to an aromatic ring is 2. The summed E-state index contributed by atoms with van der Waals surface area (Å²) >= 11 is 0. The third-order valence-electron chi connectivity index (χ3n) is 4.77. The van der Waals surface area contributed by atoms with E-state index < -0.39 is 0 Å². The average molecular weight is 382 g/mol. The quantitative estimate of drug-likeness (QED) is 0.555. The van der Waals surface area contributed by atoms with E-state index in [9.17, 15) is 0 Å². The van der Waals surface area contributed by atoms with Crippen molar-refractivity contribution in [3.63, 3.8) is 0 Å². The molecule has 0 aliphatic carbocycles. The van der Waals surface area contributed by atoms with Crippen molar-refractivity contribution in [2.75, 3.05) is 16.4 Å². The summed E-state index contributed by atoms with van der Waals surface area (Å²) in [6.07, 6.45) is 7.02. The molecule has 1 aliphatic rings. The van der Waals surface area contributed by atoms with Gasteiger partial charge in [0.25, 0.3) is 0 Å². The predicted molar refractivity (Wildman–Crippen MR) is 112 cm³/mol. The summed E-state index contributed by atoms with van der Waals surface area (Å²) in [5.41, 5.74) is 16.7. The van der Waals surface area contributed by atoms with Gasteiger partial charge in [0.05, 0.1) is 28.8 Å². The number of benzene rings is 1. The fourth-order valence-electron chi connectivity index (χ4n) is 3.46. The first-order valence-corrected chi connectivity index (χ1v) is 9.22. The topological polar surface area (TPSA) is 120 Å². The molecule has 4 heterocycles. The van der Waals surface area contributed by atoms with Crippen molar-refractivity contribution in [2.45, 2.75) is 12.8 Å². The van der Waals surface area contributed by atoms with Crippen LogP contribution in [0.25, 0.3) is 11.0 Å². The molecule has 8 heteroatoms. The van der Waals surface area contributed by atoms with Gasteiger partial charge < -0.3 is 11.5 Å². The number of anilines is 4. The smallest absolute Gasteiger partial charge is 0.220 e. The molecule has 0 unspecified atom stereocenters. The molecule has 0 atom stereocenters. The number of allylic oxidation sites excluding steroid dienone is 1. The van der Waals surface area contributed by atoms with Gasteiger partial charge in [-0.1, -0.05) is 36.4 Å². The van der Waals surface area contributed by atoms with E-state index in [-0.39, 0.29) is 11.9 Å². The number of fused-ring (bicyclic) bond motifs is 2. The molecule has 1 aliphatic heterocycles. The molecule has 5 rings (SSSR count). The van der Waals surface area contributed by atoms with Crippen LogP contribution in [0.5, 0.6) is 0 Å². The van der Waals surface area contributed by atoms with Crippen molar-refractivity contribution in [1.82, 2.24) is 24.9 Å². The Morgan fingerprint density at radius 2 is 1.76 bits per heavy atom. The van der Waals surface area contributed by atoms with Crippen LogP contribution in [-0.4, -0.2) is 24.9 Å². The lowest BCUT2D eigenvalue weighted by Gasteiger charge is -2.24. The molecule has 29 heavy (non-hydrogen) atoms. The molecule has 4 aromatic rings. The van der Waals surface area contributed by atoms with Gasteiger partial charge in [0.2, 0.25) is 11.9 Å². The summed E-state index contributed by atoms with van der Waals surface area (Å²) < 4.78 is 0. The summed E-state index contributed by atoms with van der Waals surface area (Å²) in [7, 11) is 0. The van der Waals surface area contributed by atoms with E-state index in [0.29, 0.717) is 18.4 Å². The minimum atomic E-state index is 0.241. The number of nitrogens with two attached hydrogens (primary N) is 2. The predicted octanol–water partition coefficient (Wildman–Crippen LogP) is 2.78. The summed E-state index contributed by atoms with van der Waals surface area (Å²) in [6.45, 7) is 0. The molecule has 0 amide bonds. The maximum Gasteiger partial charge on any atom is 0.220 e. The molecule has 1 aromatic carbocycles. The molecule has 0 saturated carbocycles. The van der Waals surface area contributed by atoms with E-state index in [1.165, 1.54) is 0 Å². The minimum absolute atomic E-state index is 0.241. The SMILES string of the molecule is Nc1ncc2c(n1)CC=CN2c1ccc2nc(N)nc(Cc3ccccc3)c2n1. The first kappa shape index (κ1) is 17.1. The zero-order chi connectivity index (χ0) is 19.8. The molecule has 0 saturated heterocycles. The van der Waals surface area contributed by atoms with Crippen molar-refractivity contribution >= 4 is 34.4 Å². The highest BCUT2D eigenvalue weighted by molar-refractivity contribution is 5.81. The Hall–Kier alpha value is -4.07. The fourth-order valence-corrected chi connectivity index (χ4v) is 3.46. The van der Waals surface area contributed by atoms with Crippen molar-refractivity contribution in [2.24, 2.45) is 0 Å². The summed E-state index contributed by atoms with van der Waals surface area (Å²) in [5, 5.41) is 0. The van der Waals surface area contributed by atoms with Gasteiger partial charge in [-0.05, 0) is 17.7 Å². The van der Waals surface area contributed by atoms with Gasteiger partial charge in [-0.15, -0.1) is 0 Å². The van der Waals surface area contributed by atoms with E-state index in [4.69, 9.17) is 16.5 Å². The Labute approximate surface area is 167 Å². The molecule has 0 spiro atoms. The molecular formula is C21H18N8. The lowest BCUT2D eigenvalue weighted by atomic mass is 10.1. The highest BCUT2D eigenvalue weighted by atomic mass is 15.2. The molecule has 0 radical (unpaired) electrons. The molecule has 3 aromatic heterocycles. The Kier molecular flexibility index (Phi) is 4.02. The Balaban J connectivity index is 1.62. The van der Waals surface area contributed by atoms with E-state index >= 15 is 0 Å². The molecule has 142 valence electrons. The third-order valence-corrected chi connectivity index (χ3v) is 4.77. The number of pyridine rings is 1. The van der Waals surface area contributed by atoms with Crippen LogP contribution in [0.1, 0.15) is 17.0 Å². The molecule has 4 N–H and O–H groups in total. The minimum Gasteiger partial charge on any atom is -0.368 e. The molecule has 8 nitrogen and oxygen atoms in total. The first-order valence-electron chi connectivity index (χ1n) is 9.22. The second kappa shape index (κ2) is 6.83. The van der Waals surface area contributed by atoms with Crippen molar-refractivity contribution < 1.29 is 0 Å². The lowest BCUT2D eigenvalue weighted by Crippen LogP contribution is -2.18. The maximum absolute atomic E-state index is 5.94. The van der Waals surface area contributed by atoms with E-state index in [1.54, 1.807) is 6.20 Å². The zero-order valence-corrected chi connectivity index (χ0v) is 15.5. The van der Waals surface area contributed by atoms with Crippen LogP contribution in [0, 0.1) is 0 Å². The van der Waals surface area contributed by atoms with E-state index in [1.807, 2.05) is 47.5 Å². The number of hydrogen-bond acceptors (Lipinski definition) is 8. The van der Waals surface area contributed by atoms with Gasteiger partial charge in [0.1, 0.15) is 11.3 Å². The van der Waals surface area contributed by atoms with Crippen LogP contribution >= 0.6 is 0 Å². The summed E-state index contributed by atoms with van der Waals surface area (Å²) in [6, 6.07) is 13.9. The number of rotatable bonds is 3. The van der Waals surface area contributed by atoms with E-state index in [2.05, 4.69) is 32.1 Å². The van der Waals surface area contributed by atoms with Crippen LogP contribution in [0.2, 0.25) is 0 Å². The van der Waals surface area contributed by atoms with Gasteiger partial charge in [-0.25, -0.2) is 24.9 Å². The largest absolute Gasteiger partial charge is 0.368 e. The lowest BCUT2D eigenvalue weighted by molar-refractivity contribution is 0.997. The fraction of sp³-hybridized carbons (Fsp3) is 0.0952. The standard InChI is InChI=1S/C21H18N8/c22-20-24-12-17-14(25-20)7-4-10-29(17)18-9-8-15-19(28-18)16(27-21(23)26-15)11-13-5-2-1-3-6-13/h1-6,8-10,12H,7,11H2,(H2,22,24,25)(H2,23,26,27). The average Bonchev–Trinajstić information content (AvgIpc) is 2.73. The van der Waals surface area contributed by atoms with Gasteiger partial charge in [-0.3, -0.25) is 4.90 Å². The molecular weight excluding hydrogens is 364 g/mol. The third kappa shape index (κ3) is 3.20. The zero-order valence-electron chi connectivity index (χ0n) is 15.5.